The Hall–Kier alpha value is -2.45. The van der Waals surface area contributed by atoms with Crippen molar-refractivity contribution in [3.05, 3.63) is 0 Å². The van der Waals surface area contributed by atoms with Crippen LogP contribution in [0.4, 0.5) is 0 Å². The van der Waals surface area contributed by atoms with E-state index in [9.17, 15) is 24.0 Å². The third kappa shape index (κ3) is 5.03. The van der Waals surface area contributed by atoms with Gasteiger partial charge in [0, 0.05) is 6.04 Å². The molecule has 0 bridgehead atoms. The van der Waals surface area contributed by atoms with Gasteiger partial charge in [0.2, 0.25) is 17.7 Å². The van der Waals surface area contributed by atoms with Gasteiger partial charge >= 0.3 is 5.97 Å². The minimum atomic E-state index is -0.827. The molecular formula is C17H25N3O6. The third-order valence-electron chi connectivity index (χ3n) is 4.48. The number of amides is 4. The second-order valence-corrected chi connectivity index (χ2v) is 6.92. The molecule has 1 aliphatic carbocycles. The number of imide groups is 1. The maximum atomic E-state index is 12.3. The van der Waals surface area contributed by atoms with Gasteiger partial charge < -0.3 is 15.4 Å². The average molecular weight is 367 g/mol. The molecule has 4 amide bonds. The Balaban J connectivity index is 1.73. The minimum absolute atomic E-state index is 0.0449. The molecule has 0 aromatic heterocycles. The van der Waals surface area contributed by atoms with E-state index in [2.05, 4.69) is 10.6 Å². The average Bonchev–Trinajstić information content (AvgIpc) is 2.83. The molecule has 2 aliphatic rings. The lowest BCUT2D eigenvalue weighted by Gasteiger charge is -2.19. The first-order valence-electron chi connectivity index (χ1n) is 8.86. The summed E-state index contributed by atoms with van der Waals surface area (Å²) in [5.41, 5.74) is 0. The molecule has 2 rings (SSSR count). The van der Waals surface area contributed by atoms with E-state index < -0.39 is 25.0 Å². The quantitative estimate of drug-likeness (QED) is 0.455. The van der Waals surface area contributed by atoms with Crippen LogP contribution in [0.1, 0.15) is 39.5 Å². The maximum absolute atomic E-state index is 12.3. The maximum Gasteiger partial charge on any atom is 0.326 e. The van der Waals surface area contributed by atoms with Crippen molar-refractivity contribution >= 4 is 29.6 Å². The van der Waals surface area contributed by atoms with Crippen molar-refractivity contribution < 1.29 is 28.7 Å². The fourth-order valence-electron chi connectivity index (χ4n) is 3.31. The molecule has 26 heavy (non-hydrogen) atoms. The number of nitrogens with one attached hydrogen (secondary N) is 2. The summed E-state index contributed by atoms with van der Waals surface area (Å²) in [6.45, 7) is 2.31. The fourth-order valence-corrected chi connectivity index (χ4v) is 3.31. The third-order valence-corrected chi connectivity index (χ3v) is 4.48. The number of carbonyl (C=O) groups is 5. The molecule has 1 heterocycles. The van der Waals surface area contributed by atoms with Crippen molar-refractivity contribution in [2.24, 2.45) is 11.8 Å². The van der Waals surface area contributed by atoms with Crippen LogP contribution < -0.4 is 10.6 Å². The van der Waals surface area contributed by atoms with E-state index in [0.717, 1.165) is 17.7 Å². The number of hydrogen-bond acceptors (Lipinski definition) is 6. The van der Waals surface area contributed by atoms with Crippen molar-refractivity contribution in [1.29, 1.82) is 0 Å². The van der Waals surface area contributed by atoms with Crippen LogP contribution in [-0.4, -0.2) is 60.2 Å². The zero-order valence-corrected chi connectivity index (χ0v) is 15.1. The number of ether oxygens (including phenoxy) is 1. The lowest BCUT2D eigenvalue weighted by molar-refractivity contribution is -0.155. The van der Waals surface area contributed by atoms with Gasteiger partial charge in [-0.25, -0.2) is 0 Å². The lowest BCUT2D eigenvalue weighted by atomic mass is 9.81. The monoisotopic (exact) mass is 367 g/mol. The van der Waals surface area contributed by atoms with Crippen molar-refractivity contribution in [2.75, 3.05) is 19.7 Å². The van der Waals surface area contributed by atoms with Crippen molar-refractivity contribution in [2.45, 2.75) is 45.6 Å². The van der Waals surface area contributed by atoms with Gasteiger partial charge in [0.15, 0.2) is 6.61 Å². The number of carbonyl (C=O) groups excluding carboxylic acids is 5. The zero-order chi connectivity index (χ0) is 19.3. The normalized spacial score (nSPS) is 22.2. The van der Waals surface area contributed by atoms with E-state index in [1.165, 1.54) is 0 Å². The van der Waals surface area contributed by atoms with Gasteiger partial charge in [0.05, 0.1) is 18.4 Å². The van der Waals surface area contributed by atoms with Crippen LogP contribution in [0.15, 0.2) is 0 Å². The van der Waals surface area contributed by atoms with Gasteiger partial charge in [0.25, 0.3) is 5.91 Å². The fraction of sp³-hybridized carbons (Fsp3) is 0.706. The lowest BCUT2D eigenvalue weighted by Crippen LogP contribution is -2.42. The van der Waals surface area contributed by atoms with Gasteiger partial charge in [-0.3, -0.25) is 28.9 Å². The second-order valence-electron chi connectivity index (χ2n) is 6.92. The van der Waals surface area contributed by atoms with E-state index in [0.29, 0.717) is 12.8 Å². The topological polar surface area (TPSA) is 122 Å². The molecule has 0 aromatic rings. The van der Waals surface area contributed by atoms with E-state index in [1.807, 2.05) is 0 Å². The first-order valence-corrected chi connectivity index (χ1v) is 8.86. The largest absolute Gasteiger partial charge is 0.454 e. The second kappa shape index (κ2) is 8.77. The van der Waals surface area contributed by atoms with Crippen LogP contribution in [-0.2, 0) is 28.7 Å². The Kier molecular flexibility index (Phi) is 6.70. The molecule has 9 heteroatoms. The highest BCUT2D eigenvalue weighted by Crippen LogP contribution is 2.37. The predicted octanol–water partition coefficient (Wildman–Crippen LogP) is -0.654. The first-order chi connectivity index (χ1) is 12.3. The molecule has 0 radical (unpaired) electrons. The summed E-state index contributed by atoms with van der Waals surface area (Å²) in [6.07, 6.45) is 3.15. The van der Waals surface area contributed by atoms with Crippen LogP contribution in [0.25, 0.3) is 0 Å². The van der Waals surface area contributed by atoms with E-state index in [-0.39, 0.29) is 42.1 Å². The smallest absolute Gasteiger partial charge is 0.326 e. The summed E-state index contributed by atoms with van der Waals surface area (Å²) < 4.78 is 4.80. The van der Waals surface area contributed by atoms with Gasteiger partial charge in [-0.1, -0.05) is 12.8 Å². The van der Waals surface area contributed by atoms with Crippen LogP contribution >= 0.6 is 0 Å². The standard InChI is InChI=1S/C17H25N3O6/c1-10(2)19-13(21)7-18-14(22)9-26-15(23)8-20-16(24)11-5-3-4-6-12(11)17(20)25/h10-12H,3-9H2,1-2H3,(H,18,22)(H,19,21)/t11-,12+. The van der Waals surface area contributed by atoms with Gasteiger partial charge in [-0.15, -0.1) is 0 Å². The van der Waals surface area contributed by atoms with Crippen LogP contribution in [0.5, 0.6) is 0 Å². The van der Waals surface area contributed by atoms with Crippen molar-refractivity contribution in [3.63, 3.8) is 0 Å². The highest BCUT2D eigenvalue weighted by Gasteiger charge is 2.48. The molecular weight excluding hydrogens is 342 g/mol. The molecule has 9 nitrogen and oxygen atoms in total. The summed E-state index contributed by atoms with van der Waals surface area (Å²) in [5, 5.41) is 4.92. The Morgan fingerprint density at radius 2 is 1.65 bits per heavy atom. The number of esters is 1. The Morgan fingerprint density at radius 1 is 1.08 bits per heavy atom. The number of likely N-dealkylation sites (tertiary alicyclic amines) is 1. The molecule has 1 saturated carbocycles. The molecule has 1 aliphatic heterocycles. The van der Waals surface area contributed by atoms with E-state index in [1.54, 1.807) is 13.8 Å². The predicted molar refractivity (Wildman–Crippen MR) is 89.4 cm³/mol. The summed E-state index contributed by atoms with van der Waals surface area (Å²) >= 11 is 0. The van der Waals surface area contributed by atoms with E-state index >= 15 is 0 Å². The summed E-state index contributed by atoms with van der Waals surface area (Å²) in [7, 11) is 0. The summed E-state index contributed by atoms with van der Waals surface area (Å²) in [6, 6.07) is -0.0449. The van der Waals surface area contributed by atoms with Gasteiger partial charge in [-0.2, -0.15) is 0 Å². The van der Waals surface area contributed by atoms with Gasteiger partial charge in [0.1, 0.15) is 6.54 Å². The Labute approximate surface area is 151 Å². The molecule has 2 N–H and O–H groups in total. The number of nitrogens with zero attached hydrogens (tertiary/aromatic N) is 1. The zero-order valence-electron chi connectivity index (χ0n) is 15.1. The Morgan fingerprint density at radius 3 is 2.19 bits per heavy atom. The molecule has 2 fully saturated rings. The molecule has 0 spiro atoms. The number of fused-ring (bicyclic) bond motifs is 1. The van der Waals surface area contributed by atoms with Crippen LogP contribution in [0.3, 0.4) is 0 Å². The minimum Gasteiger partial charge on any atom is -0.454 e. The van der Waals surface area contributed by atoms with Crippen LogP contribution in [0, 0.1) is 11.8 Å². The van der Waals surface area contributed by atoms with Crippen molar-refractivity contribution in [1.82, 2.24) is 15.5 Å². The van der Waals surface area contributed by atoms with E-state index in [4.69, 9.17) is 4.74 Å². The first kappa shape index (κ1) is 19.9. The van der Waals surface area contributed by atoms with Crippen molar-refractivity contribution in [3.8, 4) is 0 Å². The Bertz CT molecular complexity index is 579. The molecule has 144 valence electrons. The molecule has 1 saturated heterocycles. The molecule has 0 unspecified atom stereocenters. The highest BCUT2D eigenvalue weighted by atomic mass is 16.5. The molecule has 0 aromatic carbocycles. The highest BCUT2D eigenvalue weighted by molar-refractivity contribution is 6.07. The van der Waals surface area contributed by atoms with Gasteiger partial charge in [-0.05, 0) is 26.7 Å². The number of rotatable bonds is 7. The number of hydrogen-bond donors (Lipinski definition) is 2. The summed E-state index contributed by atoms with van der Waals surface area (Å²) in [5.74, 6) is -3.12. The molecule has 2 atom stereocenters. The SMILES string of the molecule is CC(C)NC(=O)CNC(=O)COC(=O)CN1C(=O)[C@H]2CCCC[C@H]2C1=O. The summed E-state index contributed by atoms with van der Waals surface area (Å²) in [4.78, 5) is 60.3. The van der Waals surface area contributed by atoms with Crippen LogP contribution in [0.2, 0.25) is 0 Å².